The molecule has 3 aromatic rings. The zero-order valence-corrected chi connectivity index (χ0v) is 18.7. The Hall–Kier alpha value is -2.71. The molecular formula is C22H23ClN4O3S. The summed E-state index contributed by atoms with van der Waals surface area (Å²) in [6.07, 6.45) is 3.54. The van der Waals surface area contributed by atoms with Crippen molar-refractivity contribution in [3.8, 4) is 17.2 Å². The number of rotatable bonds is 7. The van der Waals surface area contributed by atoms with Gasteiger partial charge in [-0.1, -0.05) is 35.5 Å². The first-order valence-corrected chi connectivity index (χ1v) is 11.4. The van der Waals surface area contributed by atoms with E-state index in [0.717, 1.165) is 37.3 Å². The number of thioether (sulfide) groups is 1. The van der Waals surface area contributed by atoms with Gasteiger partial charge in [0.1, 0.15) is 5.75 Å². The van der Waals surface area contributed by atoms with Crippen LogP contribution in [-0.2, 0) is 4.79 Å². The van der Waals surface area contributed by atoms with Crippen molar-refractivity contribution in [2.75, 3.05) is 36.2 Å². The normalized spacial score (nSPS) is 13.8. The van der Waals surface area contributed by atoms with Crippen LogP contribution in [0.25, 0.3) is 11.5 Å². The second-order valence-electron chi connectivity index (χ2n) is 7.12. The topological polar surface area (TPSA) is 80.5 Å². The van der Waals surface area contributed by atoms with E-state index < -0.39 is 0 Å². The smallest absolute Gasteiger partial charge is 0.277 e. The number of hydrogen-bond donors (Lipinski definition) is 1. The van der Waals surface area contributed by atoms with Crippen LogP contribution in [0, 0.1) is 0 Å². The molecule has 1 amide bonds. The van der Waals surface area contributed by atoms with Crippen molar-refractivity contribution in [1.29, 1.82) is 0 Å². The maximum absolute atomic E-state index is 12.6. The van der Waals surface area contributed by atoms with Crippen molar-refractivity contribution >= 4 is 40.6 Å². The fourth-order valence-electron chi connectivity index (χ4n) is 3.53. The number of halogens is 1. The number of ether oxygens (including phenoxy) is 1. The third-order valence-electron chi connectivity index (χ3n) is 5.00. The molecule has 1 aliphatic rings. The molecule has 7 nitrogen and oxygen atoms in total. The summed E-state index contributed by atoms with van der Waals surface area (Å²) in [6, 6.07) is 13.0. The number of nitrogens with zero attached hydrogens (tertiary/aromatic N) is 3. The Morgan fingerprint density at radius 2 is 2.00 bits per heavy atom. The van der Waals surface area contributed by atoms with Gasteiger partial charge in [-0.2, -0.15) is 0 Å². The Morgan fingerprint density at radius 1 is 1.19 bits per heavy atom. The number of para-hydroxylation sites is 1. The molecule has 4 rings (SSSR count). The van der Waals surface area contributed by atoms with Gasteiger partial charge in [0.25, 0.3) is 11.1 Å². The Labute approximate surface area is 190 Å². The largest absolute Gasteiger partial charge is 0.496 e. The first-order chi connectivity index (χ1) is 15.1. The van der Waals surface area contributed by atoms with Crippen LogP contribution in [0.3, 0.4) is 0 Å². The van der Waals surface area contributed by atoms with Gasteiger partial charge in [-0.25, -0.2) is 0 Å². The van der Waals surface area contributed by atoms with Crippen molar-refractivity contribution in [3.63, 3.8) is 0 Å². The minimum absolute atomic E-state index is 0.138. The molecule has 1 N–H and O–H groups in total. The van der Waals surface area contributed by atoms with Gasteiger partial charge >= 0.3 is 0 Å². The summed E-state index contributed by atoms with van der Waals surface area (Å²) in [4.78, 5) is 14.9. The van der Waals surface area contributed by atoms with E-state index in [1.807, 2.05) is 36.4 Å². The molecule has 0 saturated carbocycles. The van der Waals surface area contributed by atoms with Crippen LogP contribution in [-0.4, -0.2) is 42.1 Å². The predicted octanol–water partition coefficient (Wildman–Crippen LogP) is 5.12. The van der Waals surface area contributed by atoms with Crippen LogP contribution in [0.5, 0.6) is 5.75 Å². The van der Waals surface area contributed by atoms with Gasteiger partial charge < -0.3 is 19.4 Å². The molecule has 0 atom stereocenters. The molecule has 1 aliphatic heterocycles. The lowest BCUT2D eigenvalue weighted by atomic mass is 10.1. The van der Waals surface area contributed by atoms with E-state index in [1.54, 1.807) is 13.2 Å². The minimum Gasteiger partial charge on any atom is -0.496 e. The highest BCUT2D eigenvalue weighted by molar-refractivity contribution is 7.99. The molecule has 31 heavy (non-hydrogen) atoms. The Balaban J connectivity index is 1.40. The quantitative estimate of drug-likeness (QED) is 0.492. The Bertz CT molecular complexity index is 1050. The summed E-state index contributed by atoms with van der Waals surface area (Å²) in [5.41, 5.74) is 2.43. The van der Waals surface area contributed by atoms with E-state index in [0.29, 0.717) is 27.4 Å². The minimum atomic E-state index is -0.164. The van der Waals surface area contributed by atoms with E-state index in [1.165, 1.54) is 18.2 Å². The Kier molecular flexibility index (Phi) is 6.99. The number of amides is 1. The maximum atomic E-state index is 12.6. The third kappa shape index (κ3) is 5.32. The van der Waals surface area contributed by atoms with Crippen molar-refractivity contribution in [1.82, 2.24) is 10.2 Å². The van der Waals surface area contributed by atoms with E-state index in [-0.39, 0.29) is 11.7 Å². The van der Waals surface area contributed by atoms with Gasteiger partial charge in [-0.05, 0) is 49.6 Å². The molecule has 1 saturated heterocycles. The standard InChI is InChI=1S/C22H23ClN4O3S/c1-29-19-8-4-3-7-16(19)21-25-26-22(30-21)31-14-20(28)24-17-13-15(23)9-10-18(17)27-11-5-2-6-12-27/h3-4,7-10,13H,2,5-6,11-12,14H2,1H3,(H,24,28). The lowest BCUT2D eigenvalue weighted by Crippen LogP contribution is -2.30. The summed E-state index contributed by atoms with van der Waals surface area (Å²) in [7, 11) is 1.59. The zero-order valence-electron chi connectivity index (χ0n) is 17.1. The average molecular weight is 459 g/mol. The molecule has 162 valence electrons. The van der Waals surface area contributed by atoms with Crippen molar-refractivity contribution in [2.45, 2.75) is 24.5 Å². The van der Waals surface area contributed by atoms with Crippen LogP contribution >= 0.6 is 23.4 Å². The number of aromatic nitrogens is 2. The molecule has 0 unspecified atom stereocenters. The molecule has 0 radical (unpaired) electrons. The van der Waals surface area contributed by atoms with Gasteiger partial charge in [0.15, 0.2) is 0 Å². The molecular weight excluding hydrogens is 436 g/mol. The summed E-state index contributed by atoms with van der Waals surface area (Å²) in [5, 5.41) is 12.0. The summed E-state index contributed by atoms with van der Waals surface area (Å²) < 4.78 is 11.0. The number of methoxy groups -OCH3 is 1. The third-order valence-corrected chi connectivity index (χ3v) is 6.05. The summed E-state index contributed by atoms with van der Waals surface area (Å²) in [6.45, 7) is 1.96. The second kappa shape index (κ2) is 10.1. The van der Waals surface area contributed by atoms with Crippen LogP contribution in [0.2, 0.25) is 5.02 Å². The fourth-order valence-corrected chi connectivity index (χ4v) is 4.27. The van der Waals surface area contributed by atoms with Gasteiger partial charge in [0.05, 0.1) is 29.8 Å². The molecule has 0 bridgehead atoms. The van der Waals surface area contributed by atoms with E-state index in [4.69, 9.17) is 20.8 Å². The number of hydrogen-bond acceptors (Lipinski definition) is 7. The lowest BCUT2D eigenvalue weighted by Gasteiger charge is -2.30. The van der Waals surface area contributed by atoms with Crippen LogP contribution in [0.15, 0.2) is 52.1 Å². The van der Waals surface area contributed by atoms with E-state index in [2.05, 4.69) is 20.4 Å². The van der Waals surface area contributed by atoms with Gasteiger partial charge in [-0.15, -0.1) is 10.2 Å². The number of piperidine rings is 1. The van der Waals surface area contributed by atoms with Gasteiger partial charge in [0.2, 0.25) is 5.91 Å². The molecule has 2 aromatic carbocycles. The lowest BCUT2D eigenvalue weighted by molar-refractivity contribution is -0.113. The van der Waals surface area contributed by atoms with Crippen molar-refractivity contribution in [2.24, 2.45) is 0 Å². The zero-order chi connectivity index (χ0) is 21.6. The molecule has 9 heteroatoms. The van der Waals surface area contributed by atoms with E-state index >= 15 is 0 Å². The molecule has 2 heterocycles. The van der Waals surface area contributed by atoms with Crippen LogP contribution in [0.1, 0.15) is 19.3 Å². The Morgan fingerprint density at radius 3 is 2.81 bits per heavy atom. The highest BCUT2D eigenvalue weighted by Crippen LogP contribution is 2.32. The first-order valence-electron chi connectivity index (χ1n) is 10.1. The second-order valence-corrected chi connectivity index (χ2v) is 8.48. The van der Waals surface area contributed by atoms with Gasteiger partial charge in [-0.3, -0.25) is 4.79 Å². The van der Waals surface area contributed by atoms with E-state index in [9.17, 15) is 4.79 Å². The summed E-state index contributed by atoms with van der Waals surface area (Å²) in [5.74, 6) is 0.969. The molecule has 1 fully saturated rings. The number of carbonyl (C=O) groups is 1. The summed E-state index contributed by atoms with van der Waals surface area (Å²) >= 11 is 7.36. The maximum Gasteiger partial charge on any atom is 0.277 e. The van der Waals surface area contributed by atoms with Gasteiger partial charge in [0, 0.05) is 18.1 Å². The fraction of sp³-hybridized carbons (Fsp3) is 0.318. The monoisotopic (exact) mass is 458 g/mol. The highest BCUT2D eigenvalue weighted by atomic mass is 35.5. The number of anilines is 2. The molecule has 1 aromatic heterocycles. The molecule has 0 spiro atoms. The van der Waals surface area contributed by atoms with Crippen molar-refractivity contribution in [3.05, 3.63) is 47.5 Å². The SMILES string of the molecule is COc1ccccc1-c1nnc(SCC(=O)Nc2cc(Cl)ccc2N2CCCCC2)o1. The van der Waals surface area contributed by atoms with Crippen LogP contribution < -0.4 is 15.0 Å². The predicted molar refractivity (Wildman–Crippen MR) is 123 cm³/mol. The molecule has 0 aliphatic carbocycles. The number of carbonyl (C=O) groups excluding carboxylic acids is 1. The first kappa shape index (κ1) is 21.5. The van der Waals surface area contributed by atoms with Crippen LogP contribution in [0.4, 0.5) is 11.4 Å². The highest BCUT2D eigenvalue weighted by Gasteiger charge is 2.18. The number of nitrogens with one attached hydrogen (secondary N) is 1. The number of benzene rings is 2. The van der Waals surface area contributed by atoms with Crippen molar-refractivity contribution < 1.29 is 13.9 Å². The average Bonchev–Trinajstić information content (AvgIpc) is 3.27.